The Bertz CT molecular complexity index is 957. The Hall–Kier alpha value is -1.70. The molecule has 0 amide bonds. The van der Waals surface area contributed by atoms with Crippen LogP contribution in [0.15, 0.2) is 48.8 Å². The highest BCUT2D eigenvalue weighted by Gasteiger charge is 2.26. The Labute approximate surface area is 314 Å². The number of rotatable bonds is 37. The van der Waals surface area contributed by atoms with Gasteiger partial charge in [-0.2, -0.15) is 0 Å². The summed E-state index contributed by atoms with van der Waals surface area (Å²) in [6.07, 6.45) is 42.3. The molecule has 0 aliphatic carbocycles. The van der Waals surface area contributed by atoms with Gasteiger partial charge in [-0.1, -0.05) is 140 Å². The van der Waals surface area contributed by atoms with Crippen molar-refractivity contribution in [1.29, 1.82) is 0 Å². The molecule has 1 unspecified atom stereocenters. The fraction of sp³-hybridized carbons (Fsp3) is 0.786. The van der Waals surface area contributed by atoms with Crippen LogP contribution in [0, 0.1) is 0 Å². The molecule has 0 aliphatic rings. The minimum Gasteiger partial charge on any atom is -0.498 e. The van der Waals surface area contributed by atoms with Gasteiger partial charge in [0.1, 0.15) is 19.8 Å². The summed E-state index contributed by atoms with van der Waals surface area (Å²) in [7, 11) is 1.62. The maximum atomic E-state index is 12.6. The fourth-order valence-electron chi connectivity index (χ4n) is 5.30. The summed E-state index contributed by atoms with van der Waals surface area (Å²) in [5, 5.41) is 0. The molecule has 0 aromatic heterocycles. The maximum absolute atomic E-state index is 12.6. The van der Waals surface area contributed by atoms with Crippen molar-refractivity contribution in [3.05, 3.63) is 48.8 Å². The lowest BCUT2D eigenvalue weighted by Gasteiger charge is -2.24. The molecule has 51 heavy (non-hydrogen) atoms. The molecule has 0 fully saturated rings. The topological polar surface area (TPSA) is 91.3 Å². The van der Waals surface area contributed by atoms with Crippen LogP contribution in [0.5, 0.6) is 0 Å². The first-order valence-electron chi connectivity index (χ1n) is 20.4. The Kier molecular flexibility index (Phi) is 34.2. The lowest BCUT2D eigenvalue weighted by atomic mass is 10.0. The summed E-state index contributed by atoms with van der Waals surface area (Å²) in [6, 6.07) is 0. The highest BCUT2D eigenvalue weighted by atomic mass is 31.2. The molecule has 0 radical (unpaired) electrons. The van der Waals surface area contributed by atoms with Crippen molar-refractivity contribution in [2.24, 2.45) is 0 Å². The molecule has 0 bridgehead atoms. The highest BCUT2D eigenvalue weighted by molar-refractivity contribution is 7.47. The van der Waals surface area contributed by atoms with Gasteiger partial charge in [-0.3, -0.25) is 13.8 Å². The molecule has 0 heterocycles. The normalized spacial score (nSPS) is 14.3. The Morgan fingerprint density at radius 2 is 1.16 bits per heavy atom. The second kappa shape index (κ2) is 35.3. The van der Waals surface area contributed by atoms with Gasteiger partial charge in [0, 0.05) is 6.42 Å². The number of likely N-dealkylation sites (N-methyl/N-ethyl adjacent to an activating group) is 1. The Morgan fingerprint density at radius 3 is 1.73 bits per heavy atom. The van der Waals surface area contributed by atoms with Crippen LogP contribution in [0.2, 0.25) is 0 Å². The zero-order chi connectivity index (χ0) is 37.7. The van der Waals surface area contributed by atoms with Gasteiger partial charge in [-0.05, 0) is 57.4 Å². The Balaban J connectivity index is 4.36. The lowest BCUT2D eigenvalue weighted by molar-refractivity contribution is -0.870. The summed E-state index contributed by atoms with van der Waals surface area (Å²) in [6.45, 7) is 4.79. The third-order valence-electron chi connectivity index (χ3n) is 8.47. The maximum Gasteiger partial charge on any atom is 0.472 e. The van der Waals surface area contributed by atoms with Gasteiger partial charge >= 0.3 is 13.8 Å². The van der Waals surface area contributed by atoms with Crippen LogP contribution in [0.25, 0.3) is 0 Å². The number of phosphoric ester groups is 1. The number of quaternary nitrogens is 1. The van der Waals surface area contributed by atoms with Crippen molar-refractivity contribution in [1.82, 2.24) is 0 Å². The van der Waals surface area contributed by atoms with Crippen molar-refractivity contribution in [2.75, 3.05) is 47.5 Å². The standard InChI is InChI=1S/C42H78NO7P/c1-6-8-10-12-14-16-18-20-22-23-25-27-29-31-33-35-42(44)50-41(40-49-51(45,46)48-38-36-43(3,4)5)39-47-37-34-32-30-28-26-24-21-19-17-15-13-11-9-7-2/h8,10,14,16,20,22,34,37,41H,6-7,9,11-13,15,17-19,21,23-33,35-36,38-40H2,1-5H3/p+1/b10-8-,16-14-,22-20-,37-34-/t41-/m1/s1. The van der Waals surface area contributed by atoms with E-state index in [1.165, 1.54) is 70.6 Å². The number of phosphoric acid groups is 1. The zero-order valence-electron chi connectivity index (χ0n) is 33.6. The molecule has 0 spiro atoms. The summed E-state index contributed by atoms with van der Waals surface area (Å²) in [5.41, 5.74) is 0. The quantitative estimate of drug-likeness (QED) is 0.0169. The summed E-state index contributed by atoms with van der Waals surface area (Å²) >= 11 is 0. The van der Waals surface area contributed by atoms with E-state index in [2.05, 4.69) is 50.3 Å². The predicted molar refractivity (Wildman–Crippen MR) is 215 cm³/mol. The molecule has 1 N–H and O–H groups in total. The van der Waals surface area contributed by atoms with Gasteiger partial charge in [0.25, 0.3) is 0 Å². The number of carbonyl (C=O) groups is 1. The average molecular weight is 741 g/mol. The monoisotopic (exact) mass is 741 g/mol. The van der Waals surface area contributed by atoms with Crippen LogP contribution in [0.1, 0.15) is 162 Å². The second-order valence-electron chi connectivity index (χ2n) is 14.7. The number of ether oxygens (including phenoxy) is 2. The van der Waals surface area contributed by atoms with Gasteiger partial charge in [0.2, 0.25) is 0 Å². The van der Waals surface area contributed by atoms with Crippen LogP contribution >= 0.6 is 7.82 Å². The van der Waals surface area contributed by atoms with Crippen molar-refractivity contribution in [2.45, 2.75) is 168 Å². The number of unbranched alkanes of at least 4 members (excludes halogenated alkanes) is 17. The molecule has 0 saturated heterocycles. The summed E-state index contributed by atoms with van der Waals surface area (Å²) in [5.74, 6) is -0.354. The summed E-state index contributed by atoms with van der Waals surface area (Å²) in [4.78, 5) is 22.8. The number of carbonyl (C=O) groups excluding carboxylic acids is 1. The molecule has 298 valence electrons. The average Bonchev–Trinajstić information content (AvgIpc) is 3.08. The minimum atomic E-state index is -4.29. The van der Waals surface area contributed by atoms with Crippen molar-refractivity contribution >= 4 is 13.8 Å². The van der Waals surface area contributed by atoms with E-state index in [9.17, 15) is 14.3 Å². The molecule has 8 nitrogen and oxygen atoms in total. The van der Waals surface area contributed by atoms with Crippen molar-refractivity contribution in [3.63, 3.8) is 0 Å². The van der Waals surface area contributed by atoms with E-state index in [1.54, 1.807) is 6.26 Å². The van der Waals surface area contributed by atoms with Gasteiger partial charge in [-0.25, -0.2) is 4.57 Å². The molecule has 0 rings (SSSR count). The number of esters is 1. The first kappa shape index (κ1) is 49.3. The van der Waals surface area contributed by atoms with E-state index in [0.717, 1.165) is 70.6 Å². The number of hydrogen-bond donors (Lipinski definition) is 1. The van der Waals surface area contributed by atoms with Crippen LogP contribution < -0.4 is 0 Å². The SMILES string of the molecule is CC/C=C\C/C=C\C/C=C\CCCCCCCC(=O)O[C@H](CO/C=C\CCCCCCCCCCCCCC)COP(=O)(O)OCC[N+](C)(C)C. The van der Waals surface area contributed by atoms with Gasteiger partial charge < -0.3 is 18.9 Å². The fourth-order valence-corrected chi connectivity index (χ4v) is 6.04. The van der Waals surface area contributed by atoms with Gasteiger partial charge in [-0.15, -0.1) is 0 Å². The minimum absolute atomic E-state index is 0.0405. The van der Waals surface area contributed by atoms with Crippen LogP contribution in [0.4, 0.5) is 0 Å². The smallest absolute Gasteiger partial charge is 0.472 e. The number of allylic oxidation sites excluding steroid dienone is 7. The van der Waals surface area contributed by atoms with E-state index in [0.29, 0.717) is 17.4 Å². The number of nitrogens with zero attached hydrogens (tertiary/aromatic N) is 1. The predicted octanol–water partition coefficient (Wildman–Crippen LogP) is 11.9. The molecule has 0 aliphatic heterocycles. The molecule has 9 heteroatoms. The summed E-state index contributed by atoms with van der Waals surface area (Å²) < 4.78 is 34.6. The van der Waals surface area contributed by atoms with Crippen LogP contribution in [0.3, 0.4) is 0 Å². The third kappa shape index (κ3) is 39.3. The lowest BCUT2D eigenvalue weighted by Crippen LogP contribution is -2.37. The van der Waals surface area contributed by atoms with Crippen molar-refractivity contribution < 1.29 is 37.3 Å². The van der Waals surface area contributed by atoms with Crippen LogP contribution in [-0.4, -0.2) is 69.0 Å². The molecule has 0 saturated carbocycles. The zero-order valence-corrected chi connectivity index (χ0v) is 34.5. The van der Waals surface area contributed by atoms with Gasteiger partial charge in [0.05, 0.1) is 34.0 Å². The van der Waals surface area contributed by atoms with E-state index in [1.807, 2.05) is 27.2 Å². The van der Waals surface area contributed by atoms with E-state index in [-0.39, 0.29) is 25.8 Å². The van der Waals surface area contributed by atoms with Gasteiger partial charge in [0.15, 0.2) is 6.10 Å². The van der Waals surface area contributed by atoms with E-state index in [4.69, 9.17) is 18.5 Å². The molecule has 2 atom stereocenters. The van der Waals surface area contributed by atoms with Crippen molar-refractivity contribution in [3.8, 4) is 0 Å². The molecule has 0 aromatic carbocycles. The van der Waals surface area contributed by atoms with E-state index >= 15 is 0 Å². The molecular formula is C42H79NO7P+. The molecule has 0 aromatic rings. The Morgan fingerprint density at radius 1 is 0.647 bits per heavy atom. The third-order valence-corrected chi connectivity index (χ3v) is 9.45. The highest BCUT2D eigenvalue weighted by Crippen LogP contribution is 2.43. The second-order valence-corrected chi connectivity index (χ2v) is 16.2. The molecular weight excluding hydrogens is 661 g/mol. The largest absolute Gasteiger partial charge is 0.498 e. The first-order valence-corrected chi connectivity index (χ1v) is 21.9. The van der Waals surface area contributed by atoms with Crippen LogP contribution in [-0.2, 0) is 27.9 Å². The number of hydrogen-bond acceptors (Lipinski definition) is 6. The van der Waals surface area contributed by atoms with E-state index < -0.39 is 13.9 Å². The first-order chi connectivity index (χ1) is 24.6.